The molecule has 0 fully saturated rings. The number of aliphatic hydroxyl groups is 1. The predicted molar refractivity (Wildman–Crippen MR) is 87.3 cm³/mol. The Morgan fingerprint density at radius 2 is 1.81 bits per heavy atom. The maximum Gasteiger partial charge on any atom is 0.0768 e. The highest BCUT2D eigenvalue weighted by atomic mass is 16.3. The van der Waals surface area contributed by atoms with Gasteiger partial charge in [-0.15, -0.1) is 0 Å². The van der Waals surface area contributed by atoms with Crippen molar-refractivity contribution in [1.82, 2.24) is 4.98 Å². The highest BCUT2D eigenvalue weighted by Gasteiger charge is 2.10. The van der Waals surface area contributed by atoms with Gasteiger partial charge in [-0.05, 0) is 55.2 Å². The van der Waals surface area contributed by atoms with Crippen LogP contribution < -0.4 is 0 Å². The maximum absolute atomic E-state index is 10.0. The van der Waals surface area contributed by atoms with Crippen molar-refractivity contribution in [2.75, 3.05) is 0 Å². The molecule has 1 aromatic heterocycles. The van der Waals surface area contributed by atoms with Gasteiger partial charge in [0.15, 0.2) is 0 Å². The lowest BCUT2D eigenvalue weighted by Crippen LogP contribution is -1.96. The number of rotatable bonds is 2. The van der Waals surface area contributed by atoms with E-state index in [1.807, 2.05) is 31.3 Å². The standard InChI is InChI=1S/C19H19NO/c1-12-8-17(14(3)21)18-10-15(11-20-19(18)9-12)16-7-5-4-6-13(16)2/h4-11,14,21H,1-3H3. The number of benzene rings is 2. The Bertz CT molecular complexity index is 806. The second-order valence-electron chi connectivity index (χ2n) is 5.64. The van der Waals surface area contributed by atoms with E-state index in [0.29, 0.717) is 0 Å². The van der Waals surface area contributed by atoms with Gasteiger partial charge in [-0.2, -0.15) is 0 Å². The van der Waals surface area contributed by atoms with Gasteiger partial charge in [-0.1, -0.05) is 30.3 Å². The molecular formula is C19H19NO. The Morgan fingerprint density at radius 3 is 2.52 bits per heavy atom. The molecule has 0 radical (unpaired) electrons. The van der Waals surface area contributed by atoms with Gasteiger partial charge in [-0.3, -0.25) is 4.98 Å². The molecule has 0 saturated heterocycles. The zero-order valence-corrected chi connectivity index (χ0v) is 12.6. The van der Waals surface area contributed by atoms with Crippen LogP contribution in [0.5, 0.6) is 0 Å². The summed E-state index contributed by atoms with van der Waals surface area (Å²) in [6.07, 6.45) is 1.41. The molecule has 0 spiro atoms. The molecule has 21 heavy (non-hydrogen) atoms. The number of hydrogen-bond acceptors (Lipinski definition) is 2. The Labute approximate surface area is 125 Å². The predicted octanol–water partition coefficient (Wildman–Crippen LogP) is 4.57. The van der Waals surface area contributed by atoms with E-state index in [4.69, 9.17) is 0 Å². The molecule has 0 aliphatic carbocycles. The Morgan fingerprint density at radius 1 is 1.05 bits per heavy atom. The summed E-state index contributed by atoms with van der Waals surface area (Å²) in [6, 6.07) is 14.5. The lowest BCUT2D eigenvalue weighted by molar-refractivity contribution is 0.201. The minimum absolute atomic E-state index is 0.499. The van der Waals surface area contributed by atoms with Crippen molar-refractivity contribution >= 4 is 10.9 Å². The number of aromatic nitrogens is 1. The molecule has 0 aliphatic rings. The number of hydrogen-bond donors (Lipinski definition) is 1. The molecule has 0 amide bonds. The van der Waals surface area contributed by atoms with E-state index < -0.39 is 6.10 Å². The molecule has 1 atom stereocenters. The highest BCUT2D eigenvalue weighted by Crippen LogP contribution is 2.30. The van der Waals surface area contributed by atoms with Gasteiger partial charge in [0.05, 0.1) is 11.6 Å². The normalized spacial score (nSPS) is 12.6. The number of pyridine rings is 1. The highest BCUT2D eigenvalue weighted by molar-refractivity contribution is 5.87. The SMILES string of the molecule is Cc1cc(C(C)O)c2cc(-c3ccccc3C)cnc2c1. The number of aryl methyl sites for hydroxylation is 2. The van der Waals surface area contributed by atoms with Gasteiger partial charge in [0.1, 0.15) is 0 Å². The molecule has 106 valence electrons. The largest absolute Gasteiger partial charge is 0.389 e. The van der Waals surface area contributed by atoms with Gasteiger partial charge >= 0.3 is 0 Å². The molecule has 1 N–H and O–H groups in total. The molecule has 2 aromatic carbocycles. The Hall–Kier alpha value is -2.19. The number of fused-ring (bicyclic) bond motifs is 1. The quantitative estimate of drug-likeness (QED) is 0.744. The van der Waals surface area contributed by atoms with Crippen molar-refractivity contribution in [2.24, 2.45) is 0 Å². The molecule has 2 nitrogen and oxygen atoms in total. The zero-order chi connectivity index (χ0) is 15.0. The third kappa shape index (κ3) is 2.55. The summed E-state index contributed by atoms with van der Waals surface area (Å²) in [4.78, 5) is 4.59. The second kappa shape index (κ2) is 5.30. The van der Waals surface area contributed by atoms with Crippen LogP contribution in [0.3, 0.4) is 0 Å². The van der Waals surface area contributed by atoms with Gasteiger partial charge in [0.25, 0.3) is 0 Å². The zero-order valence-electron chi connectivity index (χ0n) is 12.6. The summed E-state index contributed by atoms with van der Waals surface area (Å²) in [5.74, 6) is 0. The summed E-state index contributed by atoms with van der Waals surface area (Å²) >= 11 is 0. The van der Waals surface area contributed by atoms with Crippen molar-refractivity contribution in [2.45, 2.75) is 26.9 Å². The van der Waals surface area contributed by atoms with Crippen LogP contribution in [-0.2, 0) is 0 Å². The number of aliphatic hydroxyl groups excluding tert-OH is 1. The van der Waals surface area contributed by atoms with E-state index in [0.717, 1.165) is 27.6 Å². The van der Waals surface area contributed by atoms with Crippen LogP contribution in [0, 0.1) is 13.8 Å². The summed E-state index contributed by atoms with van der Waals surface area (Å²) in [5, 5.41) is 11.1. The molecule has 0 bridgehead atoms. The van der Waals surface area contributed by atoms with E-state index in [2.05, 4.69) is 36.2 Å². The van der Waals surface area contributed by atoms with Crippen molar-refractivity contribution in [1.29, 1.82) is 0 Å². The minimum atomic E-state index is -0.499. The summed E-state index contributed by atoms with van der Waals surface area (Å²) in [6.45, 7) is 5.93. The molecular weight excluding hydrogens is 258 g/mol. The summed E-state index contributed by atoms with van der Waals surface area (Å²) in [5.41, 5.74) is 6.49. The second-order valence-corrected chi connectivity index (χ2v) is 5.64. The van der Waals surface area contributed by atoms with Crippen LogP contribution in [0.1, 0.15) is 29.7 Å². The smallest absolute Gasteiger partial charge is 0.0768 e. The first-order valence-electron chi connectivity index (χ1n) is 7.20. The van der Waals surface area contributed by atoms with E-state index in [-0.39, 0.29) is 0 Å². The molecule has 3 rings (SSSR count). The summed E-state index contributed by atoms with van der Waals surface area (Å²) < 4.78 is 0. The van der Waals surface area contributed by atoms with Gasteiger partial charge in [0, 0.05) is 17.1 Å². The topological polar surface area (TPSA) is 33.1 Å². The van der Waals surface area contributed by atoms with Crippen LogP contribution in [-0.4, -0.2) is 10.1 Å². The molecule has 0 aliphatic heterocycles. The first-order chi connectivity index (χ1) is 10.1. The average molecular weight is 277 g/mol. The number of nitrogens with zero attached hydrogens (tertiary/aromatic N) is 1. The lowest BCUT2D eigenvalue weighted by Gasteiger charge is -2.13. The third-order valence-electron chi connectivity index (χ3n) is 3.88. The van der Waals surface area contributed by atoms with E-state index in [1.54, 1.807) is 6.92 Å². The molecule has 1 heterocycles. The van der Waals surface area contributed by atoms with Crippen LogP contribution in [0.2, 0.25) is 0 Å². The fourth-order valence-electron chi connectivity index (χ4n) is 2.79. The van der Waals surface area contributed by atoms with Gasteiger partial charge < -0.3 is 5.11 Å². The Balaban J connectivity index is 2.27. The fourth-order valence-corrected chi connectivity index (χ4v) is 2.79. The van der Waals surface area contributed by atoms with E-state index >= 15 is 0 Å². The first kappa shape index (κ1) is 13.8. The molecule has 3 aromatic rings. The van der Waals surface area contributed by atoms with E-state index in [1.165, 1.54) is 11.1 Å². The first-order valence-corrected chi connectivity index (χ1v) is 7.20. The van der Waals surface area contributed by atoms with E-state index in [9.17, 15) is 5.11 Å². The fraction of sp³-hybridized carbons (Fsp3) is 0.211. The molecule has 1 unspecified atom stereocenters. The monoisotopic (exact) mass is 277 g/mol. The molecule has 2 heteroatoms. The van der Waals surface area contributed by atoms with Crippen molar-refractivity contribution in [3.63, 3.8) is 0 Å². The summed E-state index contributed by atoms with van der Waals surface area (Å²) in [7, 11) is 0. The Kier molecular flexibility index (Phi) is 3.48. The van der Waals surface area contributed by atoms with Crippen molar-refractivity contribution in [3.05, 3.63) is 65.4 Å². The van der Waals surface area contributed by atoms with Crippen LogP contribution in [0.15, 0.2) is 48.7 Å². The molecule has 0 saturated carbocycles. The average Bonchev–Trinajstić information content (AvgIpc) is 2.46. The van der Waals surface area contributed by atoms with Crippen molar-refractivity contribution < 1.29 is 5.11 Å². The van der Waals surface area contributed by atoms with Crippen LogP contribution in [0.4, 0.5) is 0 Å². The maximum atomic E-state index is 10.0. The third-order valence-corrected chi connectivity index (χ3v) is 3.88. The van der Waals surface area contributed by atoms with Gasteiger partial charge in [0.2, 0.25) is 0 Å². The van der Waals surface area contributed by atoms with Crippen LogP contribution in [0.25, 0.3) is 22.0 Å². The van der Waals surface area contributed by atoms with Crippen molar-refractivity contribution in [3.8, 4) is 11.1 Å². The minimum Gasteiger partial charge on any atom is -0.389 e. The van der Waals surface area contributed by atoms with Gasteiger partial charge in [-0.25, -0.2) is 0 Å². The lowest BCUT2D eigenvalue weighted by atomic mass is 9.96. The van der Waals surface area contributed by atoms with Crippen LogP contribution >= 0.6 is 0 Å².